The lowest BCUT2D eigenvalue weighted by molar-refractivity contribution is 0.594. The van der Waals surface area contributed by atoms with Gasteiger partial charge in [0.05, 0.1) is 17.2 Å². The quantitative estimate of drug-likeness (QED) is 0.326. The van der Waals surface area contributed by atoms with Gasteiger partial charge in [0.2, 0.25) is 0 Å². The summed E-state index contributed by atoms with van der Waals surface area (Å²) < 4.78 is 24.6. The fourth-order valence-electron chi connectivity index (χ4n) is 2.12. The Bertz CT molecular complexity index is 792. The van der Waals surface area contributed by atoms with E-state index in [4.69, 9.17) is 0 Å². The third kappa shape index (κ3) is 7.20. The highest BCUT2D eigenvalue weighted by molar-refractivity contribution is 14.0. The summed E-state index contributed by atoms with van der Waals surface area (Å²) in [6.45, 7) is 5.54. The number of thiazole rings is 1. The summed E-state index contributed by atoms with van der Waals surface area (Å²) in [7, 11) is -3.29. The highest BCUT2D eigenvalue weighted by atomic mass is 127. The predicted octanol–water partition coefficient (Wildman–Crippen LogP) is 2.85. The molecule has 26 heavy (non-hydrogen) atoms. The lowest BCUT2D eigenvalue weighted by Crippen LogP contribution is -2.39. The lowest BCUT2D eigenvalue weighted by atomic mass is 10.4. The average Bonchev–Trinajstić information content (AvgIpc) is 3.08. The van der Waals surface area contributed by atoms with Gasteiger partial charge in [0.25, 0.3) is 0 Å². The third-order valence-corrected chi connectivity index (χ3v) is 6.29. The monoisotopic (exact) mass is 508 g/mol. The molecule has 0 amide bonds. The van der Waals surface area contributed by atoms with Crippen LogP contribution in [0, 0.1) is 0 Å². The topological polar surface area (TPSA) is 83.4 Å². The molecule has 1 aromatic carbocycles. The molecule has 2 N–H and O–H groups in total. The fourth-order valence-corrected chi connectivity index (χ4v) is 4.09. The number of aromatic nitrogens is 1. The number of hydrogen-bond donors (Lipinski definition) is 2. The van der Waals surface area contributed by atoms with Crippen LogP contribution < -0.4 is 10.6 Å². The summed E-state index contributed by atoms with van der Waals surface area (Å²) in [6, 6.07) is 8.48. The zero-order valence-electron chi connectivity index (χ0n) is 14.9. The van der Waals surface area contributed by atoms with Gasteiger partial charge < -0.3 is 10.6 Å². The Morgan fingerprint density at radius 1 is 1.19 bits per heavy atom. The standard InChI is InChI=1S/C17H24N4O2S2.HI/c1-3-14-12-20-16(24-14)13-21-17(18-4-2)19-10-11-25(22,23)15-8-6-5-7-9-15;/h5-9,12H,3-4,10-11,13H2,1-2H3,(H2,18,19,21);1H. The first-order chi connectivity index (χ1) is 12.0. The van der Waals surface area contributed by atoms with Gasteiger partial charge in [0.15, 0.2) is 15.8 Å². The van der Waals surface area contributed by atoms with Crippen molar-refractivity contribution in [1.82, 2.24) is 15.6 Å². The summed E-state index contributed by atoms with van der Waals surface area (Å²) in [5.41, 5.74) is 0. The van der Waals surface area contributed by atoms with Gasteiger partial charge in [0, 0.05) is 24.2 Å². The van der Waals surface area contributed by atoms with Crippen LogP contribution >= 0.6 is 35.3 Å². The molecule has 0 saturated carbocycles. The van der Waals surface area contributed by atoms with Gasteiger partial charge in [0.1, 0.15) is 5.01 Å². The van der Waals surface area contributed by atoms with E-state index in [0.717, 1.165) is 11.4 Å². The molecule has 2 aromatic rings. The highest BCUT2D eigenvalue weighted by Crippen LogP contribution is 2.14. The first-order valence-corrected chi connectivity index (χ1v) is 10.8. The molecule has 0 atom stereocenters. The van der Waals surface area contributed by atoms with Crippen molar-refractivity contribution >= 4 is 51.1 Å². The van der Waals surface area contributed by atoms with E-state index >= 15 is 0 Å². The molecule has 0 aliphatic carbocycles. The van der Waals surface area contributed by atoms with Crippen LogP contribution in [-0.2, 0) is 22.8 Å². The van der Waals surface area contributed by atoms with E-state index in [-0.39, 0.29) is 29.7 Å². The van der Waals surface area contributed by atoms with E-state index in [1.807, 2.05) is 13.1 Å². The number of guanidine groups is 1. The van der Waals surface area contributed by atoms with Gasteiger partial charge >= 0.3 is 0 Å². The Kier molecular flexibility index (Phi) is 10.1. The van der Waals surface area contributed by atoms with Gasteiger partial charge in [-0.15, -0.1) is 35.3 Å². The van der Waals surface area contributed by atoms with Crippen molar-refractivity contribution in [2.75, 3.05) is 18.8 Å². The second kappa shape index (κ2) is 11.5. The molecule has 144 valence electrons. The normalized spacial score (nSPS) is 11.7. The van der Waals surface area contributed by atoms with Gasteiger partial charge in [-0.3, -0.25) is 0 Å². The summed E-state index contributed by atoms with van der Waals surface area (Å²) in [5, 5.41) is 7.14. The highest BCUT2D eigenvalue weighted by Gasteiger charge is 2.13. The maximum atomic E-state index is 12.3. The molecule has 9 heteroatoms. The first-order valence-electron chi connectivity index (χ1n) is 8.28. The van der Waals surface area contributed by atoms with Crippen molar-refractivity contribution < 1.29 is 8.42 Å². The number of hydrogen-bond acceptors (Lipinski definition) is 5. The van der Waals surface area contributed by atoms with Gasteiger partial charge in [-0.2, -0.15) is 0 Å². The molecular formula is C17H25IN4O2S2. The number of nitrogens with zero attached hydrogens (tertiary/aromatic N) is 2. The van der Waals surface area contributed by atoms with E-state index in [1.165, 1.54) is 4.88 Å². The van der Waals surface area contributed by atoms with Crippen molar-refractivity contribution in [3.05, 3.63) is 46.4 Å². The van der Waals surface area contributed by atoms with Gasteiger partial charge in [-0.25, -0.2) is 18.4 Å². The third-order valence-electron chi connectivity index (χ3n) is 3.43. The Hall–Kier alpha value is -1.20. The summed E-state index contributed by atoms with van der Waals surface area (Å²) in [5.74, 6) is 0.609. The molecule has 0 saturated heterocycles. The van der Waals surface area contributed by atoms with Crippen molar-refractivity contribution in [2.24, 2.45) is 4.99 Å². The van der Waals surface area contributed by atoms with E-state index in [2.05, 4.69) is 27.5 Å². The molecule has 0 unspecified atom stereocenters. The predicted molar refractivity (Wildman–Crippen MR) is 118 cm³/mol. The van der Waals surface area contributed by atoms with E-state index in [0.29, 0.717) is 30.5 Å². The second-order valence-corrected chi connectivity index (χ2v) is 8.64. The molecule has 0 radical (unpaired) electrons. The zero-order chi connectivity index (χ0) is 18.1. The molecule has 0 aliphatic rings. The summed E-state index contributed by atoms with van der Waals surface area (Å²) in [6.07, 6.45) is 2.85. The molecular weight excluding hydrogens is 483 g/mol. The maximum absolute atomic E-state index is 12.3. The molecule has 0 bridgehead atoms. The minimum atomic E-state index is -3.29. The van der Waals surface area contributed by atoms with Crippen LogP contribution in [0.4, 0.5) is 0 Å². The van der Waals surface area contributed by atoms with E-state index in [9.17, 15) is 8.42 Å². The van der Waals surface area contributed by atoms with Crippen molar-refractivity contribution in [3.8, 4) is 0 Å². The van der Waals surface area contributed by atoms with Crippen LogP contribution in [0.2, 0.25) is 0 Å². The van der Waals surface area contributed by atoms with Crippen molar-refractivity contribution in [3.63, 3.8) is 0 Å². The summed E-state index contributed by atoms with van der Waals surface area (Å²) >= 11 is 1.65. The van der Waals surface area contributed by atoms with Gasteiger partial charge in [-0.05, 0) is 25.5 Å². The Labute approximate surface area is 176 Å². The number of aliphatic imine (C=N–C) groups is 1. The summed E-state index contributed by atoms with van der Waals surface area (Å²) in [4.78, 5) is 10.4. The number of halogens is 1. The molecule has 0 spiro atoms. The molecule has 0 fully saturated rings. The minimum Gasteiger partial charge on any atom is -0.357 e. The maximum Gasteiger partial charge on any atom is 0.191 e. The average molecular weight is 508 g/mol. The largest absolute Gasteiger partial charge is 0.357 e. The number of rotatable bonds is 8. The van der Waals surface area contributed by atoms with Crippen LogP contribution in [0.3, 0.4) is 0 Å². The minimum absolute atomic E-state index is 0. The molecule has 2 rings (SSSR count). The zero-order valence-corrected chi connectivity index (χ0v) is 18.9. The van der Waals surface area contributed by atoms with Crippen LogP contribution in [0.25, 0.3) is 0 Å². The Morgan fingerprint density at radius 2 is 1.92 bits per heavy atom. The van der Waals surface area contributed by atoms with Crippen molar-refractivity contribution in [2.45, 2.75) is 31.7 Å². The molecule has 6 nitrogen and oxygen atoms in total. The van der Waals surface area contributed by atoms with Crippen LogP contribution in [0.5, 0.6) is 0 Å². The van der Waals surface area contributed by atoms with E-state index < -0.39 is 9.84 Å². The molecule has 1 heterocycles. The fraction of sp³-hybridized carbons (Fsp3) is 0.412. The Morgan fingerprint density at radius 3 is 2.54 bits per heavy atom. The number of aryl methyl sites for hydroxylation is 1. The van der Waals surface area contributed by atoms with Crippen LogP contribution in [0.1, 0.15) is 23.7 Å². The lowest BCUT2D eigenvalue weighted by Gasteiger charge is -2.11. The van der Waals surface area contributed by atoms with Crippen LogP contribution in [-0.4, -0.2) is 38.2 Å². The smallest absolute Gasteiger partial charge is 0.191 e. The molecule has 0 aliphatic heterocycles. The number of nitrogens with one attached hydrogen (secondary N) is 2. The first kappa shape index (κ1) is 22.8. The van der Waals surface area contributed by atoms with Gasteiger partial charge in [-0.1, -0.05) is 25.1 Å². The van der Waals surface area contributed by atoms with E-state index in [1.54, 1.807) is 41.7 Å². The number of benzene rings is 1. The number of sulfone groups is 1. The second-order valence-electron chi connectivity index (χ2n) is 5.33. The SMILES string of the molecule is CCNC(=NCc1ncc(CC)s1)NCCS(=O)(=O)c1ccccc1.I. The van der Waals surface area contributed by atoms with Crippen LogP contribution in [0.15, 0.2) is 46.4 Å². The van der Waals surface area contributed by atoms with Crippen molar-refractivity contribution in [1.29, 1.82) is 0 Å². The molecule has 1 aromatic heterocycles. The Balaban J connectivity index is 0.00000338.